The summed E-state index contributed by atoms with van der Waals surface area (Å²) in [4.78, 5) is 11.0. The topological polar surface area (TPSA) is 89.3 Å². The summed E-state index contributed by atoms with van der Waals surface area (Å²) in [7, 11) is -3.47. The van der Waals surface area contributed by atoms with Gasteiger partial charge in [-0.05, 0) is 31.0 Å². The lowest BCUT2D eigenvalue weighted by Crippen LogP contribution is -2.25. The molecule has 6 nitrogen and oxygen atoms in total. The predicted molar refractivity (Wildman–Crippen MR) is 81.0 cm³/mol. The van der Waals surface area contributed by atoms with Gasteiger partial charge in [0.05, 0.1) is 4.92 Å². The highest BCUT2D eigenvalue weighted by Gasteiger charge is 2.15. The smallest absolute Gasteiger partial charge is 0.258 e. The van der Waals surface area contributed by atoms with Gasteiger partial charge in [-0.3, -0.25) is 10.1 Å². The van der Waals surface area contributed by atoms with Crippen molar-refractivity contribution in [1.82, 2.24) is 4.72 Å². The standard InChI is InChI=1S/C13H14N2O4S2/c1-10-2-7-13(20-10)21(18,19)14-9-8-11-3-5-12(6-4-11)15(16)17/h2-7,14H,8-9H2,1H3. The van der Waals surface area contributed by atoms with Gasteiger partial charge in [0.1, 0.15) is 4.21 Å². The molecule has 0 spiro atoms. The minimum absolute atomic E-state index is 0.0217. The van der Waals surface area contributed by atoms with Gasteiger partial charge >= 0.3 is 0 Å². The van der Waals surface area contributed by atoms with Crippen LogP contribution in [0.15, 0.2) is 40.6 Å². The molecule has 21 heavy (non-hydrogen) atoms. The molecule has 0 aliphatic carbocycles. The van der Waals surface area contributed by atoms with Gasteiger partial charge in [0, 0.05) is 23.6 Å². The first-order valence-electron chi connectivity index (χ1n) is 6.18. The van der Waals surface area contributed by atoms with Crippen molar-refractivity contribution >= 4 is 27.0 Å². The first-order chi connectivity index (χ1) is 9.88. The molecule has 0 saturated carbocycles. The summed E-state index contributed by atoms with van der Waals surface area (Å²) in [6.45, 7) is 2.09. The van der Waals surface area contributed by atoms with Crippen LogP contribution in [0.25, 0.3) is 0 Å². The van der Waals surface area contributed by atoms with Crippen molar-refractivity contribution in [3.63, 3.8) is 0 Å². The van der Waals surface area contributed by atoms with Crippen LogP contribution in [0.2, 0.25) is 0 Å². The Balaban J connectivity index is 1.93. The fraction of sp³-hybridized carbons (Fsp3) is 0.231. The zero-order valence-corrected chi connectivity index (χ0v) is 12.9. The number of nitro benzene ring substituents is 1. The fourth-order valence-electron chi connectivity index (χ4n) is 1.74. The van der Waals surface area contributed by atoms with Crippen LogP contribution in [0.5, 0.6) is 0 Å². The number of non-ortho nitro benzene ring substituents is 1. The molecule has 0 fully saturated rings. The first kappa shape index (κ1) is 15.6. The minimum Gasteiger partial charge on any atom is -0.258 e. The molecule has 1 heterocycles. The number of aryl methyl sites for hydroxylation is 1. The van der Waals surface area contributed by atoms with Gasteiger partial charge in [-0.1, -0.05) is 12.1 Å². The molecular weight excluding hydrogens is 312 g/mol. The van der Waals surface area contributed by atoms with E-state index in [2.05, 4.69) is 4.72 Å². The van der Waals surface area contributed by atoms with Gasteiger partial charge < -0.3 is 0 Å². The second-order valence-electron chi connectivity index (χ2n) is 4.44. The lowest BCUT2D eigenvalue weighted by atomic mass is 10.1. The number of hydrogen-bond acceptors (Lipinski definition) is 5. The van der Waals surface area contributed by atoms with Crippen molar-refractivity contribution in [3.05, 3.63) is 57.0 Å². The molecule has 0 atom stereocenters. The Morgan fingerprint density at radius 3 is 2.38 bits per heavy atom. The maximum Gasteiger partial charge on any atom is 0.269 e. The van der Waals surface area contributed by atoms with Gasteiger partial charge in [-0.2, -0.15) is 0 Å². The van der Waals surface area contributed by atoms with Crippen molar-refractivity contribution in [1.29, 1.82) is 0 Å². The molecule has 8 heteroatoms. The van der Waals surface area contributed by atoms with E-state index in [1.807, 2.05) is 6.92 Å². The number of nitrogens with one attached hydrogen (secondary N) is 1. The summed E-state index contributed by atoms with van der Waals surface area (Å²) in [6, 6.07) is 9.41. The number of thiophene rings is 1. The summed E-state index contributed by atoms with van der Waals surface area (Å²) < 4.78 is 26.8. The predicted octanol–water partition coefficient (Wildman–Crippen LogP) is 2.49. The molecule has 0 radical (unpaired) electrons. The van der Waals surface area contributed by atoms with Crippen LogP contribution < -0.4 is 4.72 Å². The van der Waals surface area contributed by atoms with Crippen molar-refractivity contribution in [2.75, 3.05) is 6.54 Å². The molecule has 0 unspecified atom stereocenters. The number of hydrogen-bond donors (Lipinski definition) is 1. The van der Waals surface area contributed by atoms with E-state index < -0.39 is 14.9 Å². The van der Waals surface area contributed by atoms with E-state index in [4.69, 9.17) is 0 Å². The Labute approximate surface area is 126 Å². The zero-order chi connectivity index (χ0) is 15.5. The molecule has 1 N–H and O–H groups in total. The van der Waals surface area contributed by atoms with Crippen molar-refractivity contribution in [2.45, 2.75) is 17.6 Å². The van der Waals surface area contributed by atoms with Gasteiger partial charge in [0.15, 0.2) is 0 Å². The first-order valence-corrected chi connectivity index (χ1v) is 8.48. The van der Waals surface area contributed by atoms with Gasteiger partial charge in [0.2, 0.25) is 10.0 Å². The van der Waals surface area contributed by atoms with E-state index >= 15 is 0 Å². The highest BCUT2D eigenvalue weighted by molar-refractivity contribution is 7.91. The average molecular weight is 326 g/mol. The summed E-state index contributed by atoms with van der Waals surface area (Å²) >= 11 is 1.22. The third kappa shape index (κ3) is 4.10. The summed E-state index contributed by atoms with van der Waals surface area (Å²) in [5, 5.41) is 10.5. The Morgan fingerprint density at radius 1 is 1.19 bits per heavy atom. The Kier molecular flexibility index (Phi) is 4.71. The maximum absolute atomic E-state index is 12.0. The summed E-state index contributed by atoms with van der Waals surface area (Å²) in [5.74, 6) is 0. The monoisotopic (exact) mass is 326 g/mol. The molecule has 1 aromatic heterocycles. The maximum atomic E-state index is 12.0. The fourth-order valence-corrected chi connectivity index (χ4v) is 4.10. The lowest BCUT2D eigenvalue weighted by molar-refractivity contribution is -0.384. The van der Waals surface area contributed by atoms with Crippen LogP contribution in [0, 0.1) is 17.0 Å². The van der Waals surface area contributed by atoms with Crippen LogP contribution in [0.1, 0.15) is 10.4 Å². The van der Waals surface area contributed by atoms with Crippen LogP contribution >= 0.6 is 11.3 Å². The van der Waals surface area contributed by atoms with E-state index in [1.54, 1.807) is 24.3 Å². The van der Waals surface area contributed by atoms with Gasteiger partial charge in [-0.15, -0.1) is 11.3 Å². The molecule has 1 aromatic carbocycles. The molecular formula is C13H14N2O4S2. The van der Waals surface area contributed by atoms with Crippen LogP contribution in [0.4, 0.5) is 5.69 Å². The van der Waals surface area contributed by atoms with Crippen molar-refractivity contribution in [2.24, 2.45) is 0 Å². The number of sulfonamides is 1. The largest absolute Gasteiger partial charge is 0.269 e. The van der Waals surface area contributed by atoms with Crippen LogP contribution in [0.3, 0.4) is 0 Å². The molecule has 0 bridgehead atoms. The van der Waals surface area contributed by atoms with E-state index in [0.29, 0.717) is 10.6 Å². The average Bonchev–Trinajstić information content (AvgIpc) is 2.87. The van der Waals surface area contributed by atoms with E-state index in [-0.39, 0.29) is 12.2 Å². The third-order valence-corrected chi connectivity index (χ3v) is 5.79. The highest BCUT2D eigenvalue weighted by atomic mass is 32.2. The second-order valence-corrected chi connectivity index (χ2v) is 7.72. The molecule has 2 rings (SSSR count). The van der Waals surface area contributed by atoms with Gasteiger partial charge in [-0.25, -0.2) is 13.1 Å². The van der Waals surface area contributed by atoms with Crippen molar-refractivity contribution in [3.8, 4) is 0 Å². The van der Waals surface area contributed by atoms with E-state index in [1.165, 1.54) is 23.5 Å². The molecule has 0 aliphatic rings. The number of benzene rings is 1. The Hall–Kier alpha value is -1.77. The normalized spacial score (nSPS) is 11.5. The number of rotatable bonds is 6. The molecule has 112 valence electrons. The van der Waals surface area contributed by atoms with Crippen molar-refractivity contribution < 1.29 is 13.3 Å². The third-order valence-electron chi connectivity index (χ3n) is 2.83. The van der Waals surface area contributed by atoms with Crippen LogP contribution in [-0.2, 0) is 16.4 Å². The summed E-state index contributed by atoms with van der Waals surface area (Å²) in [6.07, 6.45) is 0.474. The molecule has 0 saturated heterocycles. The summed E-state index contributed by atoms with van der Waals surface area (Å²) in [5.41, 5.74) is 0.860. The Bertz CT molecular complexity index is 736. The SMILES string of the molecule is Cc1ccc(S(=O)(=O)NCCc2ccc([N+](=O)[O-])cc2)s1. The molecule has 0 amide bonds. The highest BCUT2D eigenvalue weighted by Crippen LogP contribution is 2.20. The second kappa shape index (κ2) is 6.33. The zero-order valence-electron chi connectivity index (χ0n) is 11.3. The quantitative estimate of drug-likeness (QED) is 0.652. The molecule has 2 aromatic rings. The number of nitrogens with zero attached hydrogens (tertiary/aromatic N) is 1. The van der Waals surface area contributed by atoms with E-state index in [0.717, 1.165) is 10.4 Å². The lowest BCUT2D eigenvalue weighted by Gasteiger charge is -2.04. The molecule has 0 aliphatic heterocycles. The Morgan fingerprint density at radius 2 is 1.86 bits per heavy atom. The minimum atomic E-state index is -3.47. The van der Waals surface area contributed by atoms with Crippen LogP contribution in [-0.4, -0.2) is 19.9 Å². The van der Waals surface area contributed by atoms with Gasteiger partial charge in [0.25, 0.3) is 5.69 Å². The van der Waals surface area contributed by atoms with E-state index in [9.17, 15) is 18.5 Å². The number of nitro groups is 1.